The summed E-state index contributed by atoms with van der Waals surface area (Å²) in [5.41, 5.74) is 7.91. The van der Waals surface area contributed by atoms with Crippen LogP contribution in [0.5, 0.6) is 0 Å². The first kappa shape index (κ1) is 12.8. The summed E-state index contributed by atoms with van der Waals surface area (Å²) in [6, 6.07) is 6.75. The molecule has 3 nitrogen and oxygen atoms in total. The van der Waals surface area contributed by atoms with Gasteiger partial charge in [-0.1, -0.05) is 19.9 Å². The summed E-state index contributed by atoms with van der Waals surface area (Å²) in [5.74, 6) is 0.0286. The van der Waals surface area contributed by atoms with Crippen LogP contribution in [0.15, 0.2) is 30.5 Å². The van der Waals surface area contributed by atoms with Crippen LogP contribution in [0.25, 0.3) is 5.69 Å². The van der Waals surface area contributed by atoms with Crippen LogP contribution in [0.4, 0.5) is 4.39 Å². The normalized spacial score (nSPS) is 13.0. The number of hydrogen-bond donors (Lipinski definition) is 1. The summed E-state index contributed by atoms with van der Waals surface area (Å²) in [4.78, 5) is 0. The van der Waals surface area contributed by atoms with Crippen LogP contribution in [0, 0.1) is 5.82 Å². The van der Waals surface area contributed by atoms with Gasteiger partial charge in [0.25, 0.3) is 0 Å². The Labute approximate surface area is 106 Å². The van der Waals surface area contributed by atoms with Gasteiger partial charge in [-0.05, 0) is 36.6 Å². The summed E-state index contributed by atoms with van der Waals surface area (Å²) >= 11 is 0. The summed E-state index contributed by atoms with van der Waals surface area (Å²) in [6.07, 6.45) is 1.78. The predicted molar refractivity (Wildman–Crippen MR) is 70.2 cm³/mol. The Hall–Kier alpha value is -1.68. The van der Waals surface area contributed by atoms with Gasteiger partial charge in [-0.3, -0.25) is 0 Å². The molecule has 0 spiro atoms. The number of benzene rings is 1. The Morgan fingerprint density at radius 2 is 1.94 bits per heavy atom. The zero-order valence-corrected chi connectivity index (χ0v) is 10.9. The van der Waals surface area contributed by atoms with Gasteiger partial charge in [0.05, 0.1) is 5.69 Å². The number of rotatable bonds is 3. The predicted octanol–water partition coefficient (Wildman–Crippen LogP) is 3.15. The Bertz CT molecular complexity index is 544. The van der Waals surface area contributed by atoms with Crippen molar-refractivity contribution in [2.24, 2.45) is 5.73 Å². The number of hydrogen-bond acceptors (Lipinski definition) is 2. The maximum atomic E-state index is 14.0. The quantitative estimate of drug-likeness (QED) is 0.905. The number of nitrogens with zero attached hydrogens (tertiary/aromatic N) is 2. The van der Waals surface area contributed by atoms with Gasteiger partial charge in [0.2, 0.25) is 0 Å². The van der Waals surface area contributed by atoms with Gasteiger partial charge in [-0.25, -0.2) is 9.07 Å². The van der Waals surface area contributed by atoms with Crippen LogP contribution in [-0.2, 0) is 0 Å². The standard InChI is InChI=1S/C14H18FN3/c1-9(2)13-6-7-18(17-13)14-5-4-11(10(3)16)8-12(14)15/h4-10H,16H2,1-3H3/t10-/m1/s1. The van der Waals surface area contributed by atoms with Gasteiger partial charge in [0.15, 0.2) is 0 Å². The lowest BCUT2D eigenvalue weighted by Gasteiger charge is -2.09. The molecular weight excluding hydrogens is 229 g/mol. The van der Waals surface area contributed by atoms with Gasteiger partial charge in [0.1, 0.15) is 11.5 Å². The Morgan fingerprint density at radius 1 is 1.22 bits per heavy atom. The molecule has 0 bridgehead atoms. The minimum absolute atomic E-state index is 0.169. The van der Waals surface area contributed by atoms with E-state index in [2.05, 4.69) is 18.9 Å². The molecule has 18 heavy (non-hydrogen) atoms. The maximum absolute atomic E-state index is 14.0. The van der Waals surface area contributed by atoms with Crippen LogP contribution < -0.4 is 5.73 Å². The third-order valence-electron chi connectivity index (χ3n) is 2.95. The molecule has 1 heterocycles. The van der Waals surface area contributed by atoms with Crippen LogP contribution >= 0.6 is 0 Å². The highest BCUT2D eigenvalue weighted by molar-refractivity contribution is 5.37. The summed E-state index contributed by atoms with van der Waals surface area (Å²) in [5, 5.41) is 4.36. The minimum Gasteiger partial charge on any atom is -0.324 e. The number of nitrogens with two attached hydrogens (primary N) is 1. The molecule has 96 valence electrons. The van der Waals surface area contributed by atoms with E-state index >= 15 is 0 Å². The van der Waals surface area contributed by atoms with Crippen molar-refractivity contribution in [2.75, 3.05) is 0 Å². The highest BCUT2D eigenvalue weighted by atomic mass is 19.1. The van der Waals surface area contributed by atoms with Crippen LogP contribution in [0.2, 0.25) is 0 Å². The third kappa shape index (κ3) is 2.43. The Kier molecular flexibility index (Phi) is 3.48. The van der Waals surface area contributed by atoms with Crippen molar-refractivity contribution in [1.82, 2.24) is 9.78 Å². The molecule has 0 amide bonds. The van der Waals surface area contributed by atoms with Gasteiger partial charge in [0, 0.05) is 12.2 Å². The molecule has 4 heteroatoms. The molecule has 0 saturated carbocycles. The van der Waals surface area contributed by atoms with Gasteiger partial charge in [-0.15, -0.1) is 0 Å². The molecule has 0 saturated heterocycles. The molecule has 0 aliphatic carbocycles. The van der Waals surface area contributed by atoms with Crippen LogP contribution in [0.3, 0.4) is 0 Å². The van der Waals surface area contributed by atoms with Crippen molar-refractivity contribution >= 4 is 0 Å². The molecular formula is C14H18FN3. The molecule has 2 aromatic rings. The second-order valence-corrected chi connectivity index (χ2v) is 4.84. The maximum Gasteiger partial charge on any atom is 0.149 e. The van der Waals surface area contributed by atoms with E-state index < -0.39 is 0 Å². The van der Waals surface area contributed by atoms with Crippen LogP contribution in [-0.4, -0.2) is 9.78 Å². The van der Waals surface area contributed by atoms with E-state index in [1.54, 1.807) is 16.9 Å². The molecule has 1 atom stereocenters. The first-order chi connectivity index (χ1) is 8.49. The van der Waals surface area contributed by atoms with E-state index in [0.717, 1.165) is 11.3 Å². The van der Waals surface area contributed by atoms with Crippen molar-refractivity contribution in [3.63, 3.8) is 0 Å². The van der Waals surface area contributed by atoms with E-state index in [1.807, 2.05) is 19.1 Å². The van der Waals surface area contributed by atoms with Crippen molar-refractivity contribution in [3.05, 3.63) is 47.5 Å². The average molecular weight is 247 g/mol. The van der Waals surface area contributed by atoms with Crippen molar-refractivity contribution in [1.29, 1.82) is 0 Å². The highest BCUT2D eigenvalue weighted by Crippen LogP contribution is 2.19. The summed E-state index contributed by atoms with van der Waals surface area (Å²) < 4.78 is 15.6. The van der Waals surface area contributed by atoms with Crippen molar-refractivity contribution in [2.45, 2.75) is 32.7 Å². The topological polar surface area (TPSA) is 43.8 Å². The SMILES string of the molecule is CC(C)c1ccn(-c2ccc([C@@H](C)N)cc2F)n1. The molecule has 2 N–H and O–H groups in total. The molecule has 0 aliphatic heterocycles. The Morgan fingerprint density at radius 3 is 2.44 bits per heavy atom. The second-order valence-electron chi connectivity index (χ2n) is 4.84. The lowest BCUT2D eigenvalue weighted by Crippen LogP contribution is -2.07. The fourth-order valence-corrected chi connectivity index (χ4v) is 1.77. The molecule has 0 aliphatic rings. The van der Waals surface area contributed by atoms with Gasteiger partial charge >= 0.3 is 0 Å². The molecule has 1 aromatic carbocycles. The van der Waals surface area contributed by atoms with E-state index in [4.69, 9.17) is 5.73 Å². The van der Waals surface area contributed by atoms with Crippen molar-refractivity contribution in [3.8, 4) is 5.69 Å². The highest BCUT2D eigenvalue weighted by Gasteiger charge is 2.10. The first-order valence-electron chi connectivity index (χ1n) is 6.10. The summed E-state index contributed by atoms with van der Waals surface area (Å²) in [6.45, 7) is 5.95. The third-order valence-corrected chi connectivity index (χ3v) is 2.95. The lowest BCUT2D eigenvalue weighted by atomic mass is 10.1. The molecule has 0 radical (unpaired) electrons. The zero-order chi connectivity index (χ0) is 13.3. The smallest absolute Gasteiger partial charge is 0.149 e. The monoisotopic (exact) mass is 247 g/mol. The van der Waals surface area contributed by atoms with E-state index in [0.29, 0.717) is 11.6 Å². The largest absolute Gasteiger partial charge is 0.324 e. The van der Waals surface area contributed by atoms with Crippen LogP contribution in [0.1, 0.15) is 44.0 Å². The van der Waals surface area contributed by atoms with Gasteiger partial charge < -0.3 is 5.73 Å². The molecule has 0 unspecified atom stereocenters. The van der Waals surface area contributed by atoms with Gasteiger partial charge in [-0.2, -0.15) is 5.10 Å². The van der Waals surface area contributed by atoms with E-state index in [9.17, 15) is 4.39 Å². The van der Waals surface area contributed by atoms with E-state index in [-0.39, 0.29) is 11.9 Å². The van der Waals surface area contributed by atoms with Crippen molar-refractivity contribution < 1.29 is 4.39 Å². The summed E-state index contributed by atoms with van der Waals surface area (Å²) in [7, 11) is 0. The second kappa shape index (κ2) is 4.90. The first-order valence-corrected chi connectivity index (χ1v) is 6.10. The fourth-order valence-electron chi connectivity index (χ4n) is 1.77. The Balaban J connectivity index is 2.38. The number of halogens is 1. The molecule has 1 aromatic heterocycles. The number of aromatic nitrogens is 2. The van der Waals surface area contributed by atoms with E-state index in [1.165, 1.54) is 6.07 Å². The zero-order valence-electron chi connectivity index (χ0n) is 10.9. The minimum atomic E-state index is -0.303. The molecule has 0 fully saturated rings. The molecule has 2 rings (SSSR count). The fraction of sp³-hybridized carbons (Fsp3) is 0.357. The average Bonchev–Trinajstić information content (AvgIpc) is 2.78. The lowest BCUT2D eigenvalue weighted by molar-refractivity contribution is 0.603.